The van der Waals surface area contributed by atoms with Crippen molar-refractivity contribution in [3.63, 3.8) is 0 Å². The maximum atomic E-state index is 12.2. The Kier molecular flexibility index (Phi) is 7.28. The Morgan fingerprint density at radius 3 is 2.62 bits per heavy atom. The molecule has 2 aromatic carbocycles. The summed E-state index contributed by atoms with van der Waals surface area (Å²) in [7, 11) is 0. The normalized spacial score (nSPS) is 11.8. The van der Waals surface area contributed by atoms with Crippen molar-refractivity contribution in [3.05, 3.63) is 58.1 Å². The first kappa shape index (κ1) is 19.0. The molecule has 3 nitrogen and oxygen atoms in total. The minimum atomic E-state index is -0.183. The predicted molar refractivity (Wildman–Crippen MR) is 104 cm³/mol. The molecule has 0 aliphatic rings. The number of carbonyl (C=O) groups is 1. The molecule has 1 amide bonds. The van der Waals surface area contributed by atoms with Crippen LogP contribution in [0.25, 0.3) is 0 Å². The second-order valence-electron chi connectivity index (χ2n) is 5.22. The Balaban J connectivity index is 1.75. The average Bonchev–Trinajstić information content (AvgIpc) is 2.57. The number of halogens is 2. The van der Waals surface area contributed by atoms with Crippen LogP contribution in [0.2, 0.25) is 10.0 Å². The number of hydrogen-bond acceptors (Lipinski definition) is 3. The third-order valence-corrected chi connectivity index (χ3v) is 5.21. The van der Waals surface area contributed by atoms with E-state index in [1.807, 2.05) is 38.1 Å². The van der Waals surface area contributed by atoms with Crippen molar-refractivity contribution in [2.24, 2.45) is 0 Å². The summed E-state index contributed by atoms with van der Waals surface area (Å²) in [5, 5.41) is 4.05. The van der Waals surface area contributed by atoms with E-state index in [0.717, 1.165) is 17.0 Å². The van der Waals surface area contributed by atoms with E-state index in [2.05, 4.69) is 5.32 Å². The number of anilines is 1. The number of rotatable bonds is 7. The van der Waals surface area contributed by atoms with Crippen LogP contribution < -0.4 is 10.1 Å². The van der Waals surface area contributed by atoms with Gasteiger partial charge in [0.15, 0.2) is 0 Å². The largest absolute Gasteiger partial charge is 0.493 e. The molecule has 0 saturated carbocycles. The summed E-state index contributed by atoms with van der Waals surface area (Å²) in [6, 6.07) is 12.7. The van der Waals surface area contributed by atoms with E-state index in [1.165, 1.54) is 0 Å². The van der Waals surface area contributed by atoms with Gasteiger partial charge in [-0.15, -0.1) is 11.8 Å². The Morgan fingerprint density at radius 1 is 1.21 bits per heavy atom. The molecule has 0 fully saturated rings. The molecule has 0 aliphatic carbocycles. The van der Waals surface area contributed by atoms with Crippen LogP contribution in [0.3, 0.4) is 0 Å². The summed E-state index contributed by atoms with van der Waals surface area (Å²) in [6.45, 7) is 4.29. The van der Waals surface area contributed by atoms with Gasteiger partial charge in [0.2, 0.25) is 5.91 Å². The second kappa shape index (κ2) is 9.21. The van der Waals surface area contributed by atoms with Gasteiger partial charge in [0.1, 0.15) is 5.75 Å². The summed E-state index contributed by atoms with van der Waals surface area (Å²) in [4.78, 5) is 12.2. The smallest absolute Gasteiger partial charge is 0.237 e. The molecule has 1 atom stereocenters. The molecule has 0 aliphatic heterocycles. The summed E-state index contributed by atoms with van der Waals surface area (Å²) in [6.07, 6.45) is 0. The van der Waals surface area contributed by atoms with Gasteiger partial charge in [-0.2, -0.15) is 0 Å². The molecular formula is C18H19Cl2NO2S. The van der Waals surface area contributed by atoms with Crippen molar-refractivity contribution < 1.29 is 9.53 Å². The lowest BCUT2D eigenvalue weighted by Gasteiger charge is -2.14. The van der Waals surface area contributed by atoms with Crippen molar-refractivity contribution in [2.45, 2.75) is 19.1 Å². The summed E-state index contributed by atoms with van der Waals surface area (Å²) >= 11 is 13.4. The van der Waals surface area contributed by atoms with Crippen molar-refractivity contribution in [3.8, 4) is 5.75 Å². The van der Waals surface area contributed by atoms with Crippen LogP contribution in [-0.4, -0.2) is 23.5 Å². The van der Waals surface area contributed by atoms with Gasteiger partial charge in [-0.05, 0) is 55.8 Å². The van der Waals surface area contributed by atoms with Gasteiger partial charge in [-0.3, -0.25) is 4.79 Å². The number of hydrogen-bond donors (Lipinski definition) is 1. The molecule has 24 heavy (non-hydrogen) atoms. The highest BCUT2D eigenvalue weighted by Crippen LogP contribution is 2.24. The molecule has 0 unspecified atom stereocenters. The Hall–Kier alpha value is -1.36. The fourth-order valence-electron chi connectivity index (χ4n) is 1.97. The zero-order valence-corrected chi connectivity index (χ0v) is 15.8. The first-order chi connectivity index (χ1) is 11.5. The molecule has 0 radical (unpaired) electrons. The summed E-state index contributed by atoms with van der Waals surface area (Å²) in [5.41, 5.74) is 1.62. The third-order valence-electron chi connectivity index (χ3n) is 3.43. The molecule has 0 spiro atoms. The molecule has 128 valence electrons. The van der Waals surface area contributed by atoms with Gasteiger partial charge in [-0.1, -0.05) is 29.3 Å². The average molecular weight is 384 g/mol. The molecule has 0 saturated heterocycles. The maximum absolute atomic E-state index is 12.2. The van der Waals surface area contributed by atoms with Crippen LogP contribution in [0.4, 0.5) is 5.69 Å². The lowest BCUT2D eigenvalue weighted by molar-refractivity contribution is -0.115. The van der Waals surface area contributed by atoms with Gasteiger partial charge in [0, 0.05) is 21.5 Å². The van der Waals surface area contributed by atoms with Crippen LogP contribution >= 0.6 is 35.0 Å². The predicted octanol–water partition coefficient (Wildman–Crippen LogP) is 5.44. The Morgan fingerprint density at radius 2 is 1.92 bits per heavy atom. The van der Waals surface area contributed by atoms with E-state index in [-0.39, 0.29) is 11.2 Å². The lowest BCUT2D eigenvalue weighted by atomic mass is 10.2. The fourth-order valence-corrected chi connectivity index (χ4v) is 3.01. The molecule has 0 aromatic heterocycles. The highest BCUT2D eigenvalue weighted by molar-refractivity contribution is 8.00. The quantitative estimate of drug-likeness (QED) is 0.646. The van der Waals surface area contributed by atoms with E-state index < -0.39 is 0 Å². The van der Waals surface area contributed by atoms with Crippen molar-refractivity contribution in [1.82, 2.24) is 0 Å². The van der Waals surface area contributed by atoms with Gasteiger partial charge in [-0.25, -0.2) is 0 Å². The van der Waals surface area contributed by atoms with E-state index >= 15 is 0 Å². The van der Waals surface area contributed by atoms with Crippen LogP contribution in [0.5, 0.6) is 5.75 Å². The fraction of sp³-hybridized carbons (Fsp3) is 0.278. The van der Waals surface area contributed by atoms with Crippen molar-refractivity contribution in [1.29, 1.82) is 0 Å². The van der Waals surface area contributed by atoms with E-state index in [9.17, 15) is 4.79 Å². The monoisotopic (exact) mass is 383 g/mol. The highest BCUT2D eigenvalue weighted by atomic mass is 35.5. The number of thioether (sulfide) groups is 1. The standard InChI is InChI=1S/C18H19Cl2NO2S/c1-12-16(20)4-3-5-17(12)21-18(22)13(2)24-11-10-23-15-8-6-14(19)7-9-15/h3-9,13H,10-11H2,1-2H3,(H,21,22)/t13-/m1/s1. The zero-order chi connectivity index (χ0) is 17.5. The van der Waals surface area contributed by atoms with Crippen molar-refractivity contribution in [2.75, 3.05) is 17.7 Å². The van der Waals surface area contributed by atoms with Gasteiger partial charge in [0.25, 0.3) is 0 Å². The van der Waals surface area contributed by atoms with E-state index in [0.29, 0.717) is 22.4 Å². The maximum Gasteiger partial charge on any atom is 0.237 e. The SMILES string of the molecule is Cc1c(Cl)cccc1NC(=O)[C@@H](C)SCCOc1ccc(Cl)cc1. The molecule has 0 bridgehead atoms. The van der Waals surface area contributed by atoms with E-state index in [4.69, 9.17) is 27.9 Å². The van der Waals surface area contributed by atoms with Crippen LogP contribution in [0.1, 0.15) is 12.5 Å². The lowest BCUT2D eigenvalue weighted by Crippen LogP contribution is -2.23. The number of nitrogens with one attached hydrogen (secondary N) is 1. The number of carbonyl (C=O) groups excluding carboxylic acids is 1. The Bertz CT molecular complexity index is 692. The van der Waals surface area contributed by atoms with Crippen LogP contribution in [0, 0.1) is 6.92 Å². The van der Waals surface area contributed by atoms with E-state index in [1.54, 1.807) is 30.0 Å². The minimum absolute atomic E-state index is 0.0446. The van der Waals surface area contributed by atoms with Gasteiger partial charge in [0.05, 0.1) is 11.9 Å². The Labute approximate surface area is 156 Å². The highest BCUT2D eigenvalue weighted by Gasteiger charge is 2.14. The third kappa shape index (κ3) is 5.62. The summed E-state index contributed by atoms with van der Waals surface area (Å²) in [5.74, 6) is 1.44. The minimum Gasteiger partial charge on any atom is -0.493 e. The number of amides is 1. The molecule has 0 heterocycles. The first-order valence-corrected chi connectivity index (χ1v) is 9.34. The van der Waals surface area contributed by atoms with Gasteiger partial charge >= 0.3 is 0 Å². The second-order valence-corrected chi connectivity index (χ2v) is 7.51. The molecule has 2 aromatic rings. The summed E-state index contributed by atoms with van der Waals surface area (Å²) < 4.78 is 5.62. The van der Waals surface area contributed by atoms with Gasteiger partial charge < -0.3 is 10.1 Å². The topological polar surface area (TPSA) is 38.3 Å². The first-order valence-electron chi connectivity index (χ1n) is 7.53. The molecule has 2 rings (SSSR count). The number of ether oxygens (including phenoxy) is 1. The van der Waals surface area contributed by atoms with Crippen molar-refractivity contribution >= 4 is 46.6 Å². The number of benzene rings is 2. The molecule has 1 N–H and O–H groups in total. The molecular weight excluding hydrogens is 365 g/mol. The molecule has 6 heteroatoms. The zero-order valence-electron chi connectivity index (χ0n) is 13.5. The van der Waals surface area contributed by atoms with Crippen LogP contribution in [-0.2, 0) is 4.79 Å². The van der Waals surface area contributed by atoms with Crippen LogP contribution in [0.15, 0.2) is 42.5 Å².